The number of thioether (sulfide) groups is 1. The molecule has 2 rings (SSSR count). The summed E-state index contributed by atoms with van der Waals surface area (Å²) in [5.74, 6) is -0.980. The van der Waals surface area contributed by atoms with Gasteiger partial charge in [-0.05, 0) is 6.92 Å². The minimum atomic E-state index is -1.12. The fraction of sp³-hybridized carbons (Fsp3) is 0.357. The molecule has 0 aliphatic carbocycles. The summed E-state index contributed by atoms with van der Waals surface area (Å²) in [7, 11) is 0. The molecule has 1 fully saturated rings. The molecule has 1 heterocycles. The average molecular weight is 309 g/mol. The van der Waals surface area contributed by atoms with Gasteiger partial charge in [0.05, 0.1) is 6.61 Å². The maximum atomic E-state index is 12.0. The number of rotatable bonds is 5. The van der Waals surface area contributed by atoms with Gasteiger partial charge in [0.25, 0.3) is 5.24 Å². The highest BCUT2D eigenvalue weighted by Crippen LogP contribution is 2.22. The second-order valence-electron chi connectivity index (χ2n) is 4.28. The molecule has 2 atom stereocenters. The molecule has 1 amide bonds. The van der Waals surface area contributed by atoms with Crippen molar-refractivity contribution in [3.05, 3.63) is 35.9 Å². The SMILES string of the molecule is CCOC(=O)C(OC(=O)C1CSC(=O)N1)c1ccccc1. The molecule has 0 bridgehead atoms. The molecule has 21 heavy (non-hydrogen) atoms. The van der Waals surface area contributed by atoms with Gasteiger partial charge in [0.1, 0.15) is 6.04 Å². The normalized spacial score (nSPS) is 18.7. The van der Waals surface area contributed by atoms with Crippen LogP contribution in [-0.4, -0.2) is 35.6 Å². The first-order chi connectivity index (χ1) is 10.1. The first-order valence-corrected chi connectivity index (χ1v) is 7.45. The van der Waals surface area contributed by atoms with Gasteiger partial charge in [-0.2, -0.15) is 0 Å². The van der Waals surface area contributed by atoms with Crippen LogP contribution < -0.4 is 5.32 Å². The van der Waals surface area contributed by atoms with Crippen LogP contribution in [0.1, 0.15) is 18.6 Å². The van der Waals surface area contributed by atoms with Crippen LogP contribution in [0, 0.1) is 0 Å². The average Bonchev–Trinajstić information content (AvgIpc) is 2.92. The molecule has 0 spiro atoms. The van der Waals surface area contributed by atoms with E-state index < -0.39 is 24.1 Å². The van der Waals surface area contributed by atoms with Gasteiger partial charge in [0.15, 0.2) is 0 Å². The molecule has 1 aromatic carbocycles. The van der Waals surface area contributed by atoms with E-state index in [1.807, 2.05) is 0 Å². The van der Waals surface area contributed by atoms with Crippen LogP contribution in [0.15, 0.2) is 30.3 Å². The largest absolute Gasteiger partial charge is 0.463 e. The summed E-state index contributed by atoms with van der Waals surface area (Å²) in [5.41, 5.74) is 0.529. The Hall–Kier alpha value is -2.02. The second-order valence-corrected chi connectivity index (χ2v) is 5.27. The van der Waals surface area contributed by atoms with Gasteiger partial charge in [0.2, 0.25) is 6.10 Å². The van der Waals surface area contributed by atoms with E-state index in [9.17, 15) is 14.4 Å². The molecule has 1 saturated heterocycles. The summed E-state index contributed by atoms with van der Waals surface area (Å²) in [6, 6.07) is 7.89. The highest BCUT2D eigenvalue weighted by Gasteiger charge is 2.34. The van der Waals surface area contributed by atoms with Crippen molar-refractivity contribution in [2.75, 3.05) is 12.4 Å². The number of carbonyl (C=O) groups is 3. The summed E-state index contributed by atoms with van der Waals surface area (Å²) in [4.78, 5) is 35.1. The van der Waals surface area contributed by atoms with Gasteiger partial charge in [-0.15, -0.1) is 0 Å². The highest BCUT2D eigenvalue weighted by molar-refractivity contribution is 8.14. The number of ether oxygens (including phenoxy) is 2. The summed E-state index contributed by atoms with van der Waals surface area (Å²) in [6.45, 7) is 1.87. The molecule has 2 unspecified atom stereocenters. The van der Waals surface area contributed by atoms with Crippen LogP contribution in [0.4, 0.5) is 4.79 Å². The zero-order chi connectivity index (χ0) is 15.2. The Bertz CT molecular complexity index is 533. The van der Waals surface area contributed by atoms with Crippen molar-refractivity contribution in [1.29, 1.82) is 0 Å². The minimum Gasteiger partial charge on any atom is -0.463 e. The first kappa shape index (κ1) is 15.4. The van der Waals surface area contributed by atoms with E-state index in [4.69, 9.17) is 9.47 Å². The predicted molar refractivity (Wildman–Crippen MR) is 76.7 cm³/mol. The van der Waals surface area contributed by atoms with Crippen LogP contribution >= 0.6 is 11.8 Å². The Balaban J connectivity index is 2.10. The highest BCUT2D eigenvalue weighted by atomic mass is 32.2. The van der Waals surface area contributed by atoms with Crippen molar-refractivity contribution in [2.45, 2.75) is 19.1 Å². The number of carbonyl (C=O) groups excluding carboxylic acids is 3. The summed E-state index contributed by atoms with van der Waals surface area (Å²) in [5, 5.41) is 2.20. The maximum absolute atomic E-state index is 12.0. The quantitative estimate of drug-likeness (QED) is 0.833. The number of amides is 1. The van der Waals surface area contributed by atoms with Crippen molar-refractivity contribution in [3.63, 3.8) is 0 Å². The van der Waals surface area contributed by atoms with Gasteiger partial charge >= 0.3 is 11.9 Å². The van der Waals surface area contributed by atoms with Crippen LogP contribution in [0.25, 0.3) is 0 Å². The van der Waals surface area contributed by atoms with Gasteiger partial charge in [-0.25, -0.2) is 9.59 Å². The summed E-state index contributed by atoms with van der Waals surface area (Å²) < 4.78 is 10.2. The fourth-order valence-electron chi connectivity index (χ4n) is 1.81. The van der Waals surface area contributed by atoms with E-state index >= 15 is 0 Å². The molecule has 0 radical (unpaired) electrons. The third-order valence-electron chi connectivity index (χ3n) is 2.79. The fourth-order valence-corrected chi connectivity index (χ4v) is 2.57. The van der Waals surface area contributed by atoms with Crippen LogP contribution in [0.2, 0.25) is 0 Å². The predicted octanol–water partition coefficient (Wildman–Crippen LogP) is 1.66. The maximum Gasteiger partial charge on any atom is 0.352 e. The summed E-state index contributed by atoms with van der Waals surface area (Å²) >= 11 is 1.01. The molecule has 1 N–H and O–H groups in total. The molecule has 0 saturated carbocycles. The topological polar surface area (TPSA) is 81.7 Å². The monoisotopic (exact) mass is 309 g/mol. The molecular formula is C14H15NO5S. The lowest BCUT2D eigenvalue weighted by atomic mass is 10.1. The van der Waals surface area contributed by atoms with Crippen molar-refractivity contribution >= 4 is 28.9 Å². The zero-order valence-corrected chi connectivity index (χ0v) is 12.2. The van der Waals surface area contributed by atoms with Gasteiger partial charge in [0, 0.05) is 11.3 Å². The molecule has 6 nitrogen and oxygen atoms in total. The number of esters is 2. The summed E-state index contributed by atoms with van der Waals surface area (Å²) in [6.07, 6.45) is -1.12. The Morgan fingerprint density at radius 3 is 2.67 bits per heavy atom. The second kappa shape index (κ2) is 7.12. The third kappa shape index (κ3) is 3.98. The Kier molecular flexibility index (Phi) is 5.21. The molecule has 112 valence electrons. The molecule has 1 aromatic rings. The van der Waals surface area contributed by atoms with Crippen LogP contribution in [0.5, 0.6) is 0 Å². The molecule has 7 heteroatoms. The lowest BCUT2D eigenvalue weighted by molar-refractivity contribution is -0.169. The minimum absolute atomic E-state index is 0.190. The molecular weight excluding hydrogens is 294 g/mol. The van der Waals surface area contributed by atoms with Crippen molar-refractivity contribution in [1.82, 2.24) is 5.32 Å². The molecule has 0 aromatic heterocycles. The van der Waals surface area contributed by atoms with Gasteiger partial charge in [-0.1, -0.05) is 42.1 Å². The van der Waals surface area contributed by atoms with E-state index in [0.717, 1.165) is 11.8 Å². The van der Waals surface area contributed by atoms with E-state index in [1.165, 1.54) is 0 Å². The standard InChI is InChI=1S/C14H15NO5S/c1-2-19-13(17)11(9-6-4-3-5-7-9)20-12(16)10-8-21-14(18)15-10/h3-7,10-11H,2,8H2,1H3,(H,15,18). The van der Waals surface area contributed by atoms with Crippen molar-refractivity contribution < 1.29 is 23.9 Å². The molecule has 1 aliphatic heterocycles. The van der Waals surface area contributed by atoms with E-state index in [0.29, 0.717) is 11.3 Å². The van der Waals surface area contributed by atoms with Crippen molar-refractivity contribution in [2.24, 2.45) is 0 Å². The Morgan fingerprint density at radius 2 is 2.10 bits per heavy atom. The number of hydrogen-bond acceptors (Lipinski definition) is 6. The Labute approximate surface area is 126 Å². The van der Waals surface area contributed by atoms with Crippen LogP contribution in [-0.2, 0) is 19.1 Å². The molecule has 1 aliphatic rings. The van der Waals surface area contributed by atoms with Gasteiger partial charge in [-0.3, -0.25) is 4.79 Å². The first-order valence-electron chi connectivity index (χ1n) is 6.47. The lowest BCUT2D eigenvalue weighted by Crippen LogP contribution is -2.37. The van der Waals surface area contributed by atoms with Crippen molar-refractivity contribution in [3.8, 4) is 0 Å². The lowest BCUT2D eigenvalue weighted by Gasteiger charge is -2.18. The number of benzene rings is 1. The Morgan fingerprint density at radius 1 is 1.38 bits per heavy atom. The number of nitrogens with one attached hydrogen (secondary N) is 1. The van der Waals surface area contributed by atoms with E-state index in [1.54, 1.807) is 37.3 Å². The smallest absolute Gasteiger partial charge is 0.352 e. The zero-order valence-electron chi connectivity index (χ0n) is 11.4. The van der Waals surface area contributed by atoms with E-state index in [2.05, 4.69) is 5.32 Å². The van der Waals surface area contributed by atoms with Gasteiger partial charge < -0.3 is 14.8 Å². The third-order valence-corrected chi connectivity index (χ3v) is 3.67. The van der Waals surface area contributed by atoms with Crippen LogP contribution in [0.3, 0.4) is 0 Å². The van der Waals surface area contributed by atoms with E-state index in [-0.39, 0.29) is 11.8 Å². The number of hydrogen-bond donors (Lipinski definition) is 1.